The van der Waals surface area contributed by atoms with Crippen LogP contribution in [0.15, 0.2) is 133 Å². The van der Waals surface area contributed by atoms with Crippen LogP contribution in [0.4, 0.5) is 33.3 Å². The summed E-state index contributed by atoms with van der Waals surface area (Å²) < 4.78 is 73.5. The number of hydrogen-bond donors (Lipinski definition) is 0. The van der Waals surface area contributed by atoms with Crippen molar-refractivity contribution < 1.29 is 22.0 Å². The van der Waals surface area contributed by atoms with E-state index in [2.05, 4.69) is 9.69 Å². The maximum Gasteiger partial charge on any atom is 0.200 e. The molecule has 5 nitrogen and oxygen atoms in total. The van der Waals surface area contributed by atoms with Crippen molar-refractivity contribution in [2.24, 2.45) is 0 Å². The van der Waals surface area contributed by atoms with Crippen molar-refractivity contribution in [2.75, 3.05) is 0 Å². The molecule has 0 saturated carbocycles. The molecule has 0 fully saturated rings. The van der Waals surface area contributed by atoms with E-state index in [0.29, 0.717) is 67.1 Å². The largest absolute Gasteiger partial charge is 0.247 e. The second-order valence-corrected chi connectivity index (χ2v) is 13.1. The summed E-state index contributed by atoms with van der Waals surface area (Å²) in [4.78, 5) is 22.7. The molecule has 0 aliphatic carbocycles. The predicted octanol–water partition coefficient (Wildman–Crippen LogP) is 13.5. The van der Waals surface area contributed by atoms with Crippen LogP contribution in [-0.4, -0.2) is 15.0 Å². The Balaban J connectivity index is 1.44. The third-order valence-electron chi connectivity index (χ3n) is 9.86. The topological polar surface area (TPSA) is 47.4 Å². The number of nitrogens with zero attached hydrogens (tertiary/aromatic N) is 5. The lowest BCUT2D eigenvalue weighted by molar-refractivity contribution is 0.381. The highest BCUT2D eigenvalue weighted by Crippen LogP contribution is 2.45. The summed E-state index contributed by atoms with van der Waals surface area (Å²) in [6.45, 7) is 15.0. The van der Waals surface area contributed by atoms with Gasteiger partial charge in [-0.25, -0.2) is 46.6 Å². The van der Waals surface area contributed by atoms with E-state index in [9.17, 15) is 13.2 Å². The molecule has 0 bridgehead atoms. The van der Waals surface area contributed by atoms with Crippen molar-refractivity contribution in [2.45, 2.75) is 0 Å². The van der Waals surface area contributed by atoms with Gasteiger partial charge in [0, 0.05) is 21.7 Å². The van der Waals surface area contributed by atoms with E-state index >= 15 is 8.78 Å². The predicted molar refractivity (Wildman–Crippen MR) is 212 cm³/mol. The van der Waals surface area contributed by atoms with Gasteiger partial charge in [0.15, 0.2) is 34.6 Å². The Morgan fingerprint density at radius 1 is 0.404 bits per heavy atom. The second kappa shape index (κ2) is 13.8. The van der Waals surface area contributed by atoms with E-state index in [1.54, 1.807) is 54.6 Å². The van der Waals surface area contributed by atoms with Crippen LogP contribution in [0.25, 0.3) is 98.4 Å². The zero-order valence-corrected chi connectivity index (χ0v) is 29.3. The Labute approximate surface area is 321 Å². The molecule has 2 heterocycles. The molecule has 7 aromatic carbocycles. The number of hydrogen-bond acceptors (Lipinski definition) is 3. The second-order valence-electron chi connectivity index (χ2n) is 13.1. The minimum absolute atomic E-state index is 0.247. The van der Waals surface area contributed by atoms with Gasteiger partial charge in [-0.2, -0.15) is 0 Å². The highest BCUT2D eigenvalue weighted by atomic mass is 19.2. The minimum atomic E-state index is -2.24. The van der Waals surface area contributed by atoms with Crippen LogP contribution >= 0.6 is 0 Å². The van der Waals surface area contributed by atoms with Crippen LogP contribution < -0.4 is 0 Å². The lowest BCUT2D eigenvalue weighted by atomic mass is 9.90. The van der Waals surface area contributed by atoms with Gasteiger partial charge in [0.2, 0.25) is 5.82 Å². The first-order valence-electron chi connectivity index (χ1n) is 17.5. The summed E-state index contributed by atoms with van der Waals surface area (Å²) in [5, 5.41) is 2.05. The number of aromatic nitrogens is 3. The zero-order valence-electron chi connectivity index (χ0n) is 29.3. The monoisotopic (exact) mass is 751 g/mol. The van der Waals surface area contributed by atoms with Gasteiger partial charge < -0.3 is 0 Å². The van der Waals surface area contributed by atoms with Gasteiger partial charge in [-0.1, -0.05) is 115 Å². The first kappa shape index (κ1) is 34.9. The molecule has 0 atom stereocenters. The van der Waals surface area contributed by atoms with E-state index in [0.717, 1.165) is 21.9 Å². The molecule has 0 saturated heterocycles. The maximum atomic E-state index is 15.2. The molecule has 0 aliphatic heterocycles. The summed E-state index contributed by atoms with van der Waals surface area (Å²) in [7, 11) is 0. The lowest BCUT2D eigenvalue weighted by Gasteiger charge is -2.18. The molecule has 270 valence electrons. The molecule has 10 heteroatoms. The Bertz CT molecular complexity index is 3160. The number of rotatable bonds is 5. The van der Waals surface area contributed by atoms with Crippen molar-refractivity contribution in [1.29, 1.82) is 0 Å². The van der Waals surface area contributed by atoms with Crippen LogP contribution in [0.2, 0.25) is 0 Å². The number of pyridine rings is 1. The molecule has 0 N–H and O–H groups in total. The maximum absolute atomic E-state index is 15.2. The number of halogens is 5. The van der Waals surface area contributed by atoms with Crippen LogP contribution in [0, 0.1) is 42.2 Å². The van der Waals surface area contributed by atoms with Gasteiger partial charge in [0.05, 0.1) is 52.3 Å². The third-order valence-corrected chi connectivity index (χ3v) is 9.86. The van der Waals surface area contributed by atoms with Gasteiger partial charge >= 0.3 is 0 Å². The SMILES string of the molecule is [C-]#[N+]c1ccc(-c2nc3cc(-c4ccccc4)c4c5ccccc5nc(-c5cccc(-c6c(F)c(F)c(F)c(F)c6F)c5)c4c3nc2-c2ccc([N+]#[C-])cc2)cc1. The van der Waals surface area contributed by atoms with Gasteiger partial charge in [-0.05, 0) is 46.0 Å². The number of para-hydroxylation sites is 1. The highest BCUT2D eigenvalue weighted by molar-refractivity contribution is 6.25. The molecular weight excluding hydrogens is 730 g/mol. The summed E-state index contributed by atoms with van der Waals surface area (Å²) in [6.07, 6.45) is 0. The number of benzene rings is 7. The van der Waals surface area contributed by atoms with E-state index < -0.39 is 34.6 Å². The Hall–Kier alpha value is -7.82. The van der Waals surface area contributed by atoms with Crippen LogP contribution in [-0.2, 0) is 0 Å². The van der Waals surface area contributed by atoms with Crippen molar-refractivity contribution in [1.82, 2.24) is 15.0 Å². The fraction of sp³-hybridized carbons (Fsp3) is 0. The lowest BCUT2D eigenvalue weighted by Crippen LogP contribution is -2.04. The van der Waals surface area contributed by atoms with Crippen molar-refractivity contribution in [3.63, 3.8) is 0 Å². The van der Waals surface area contributed by atoms with Gasteiger partial charge in [-0.3, -0.25) is 0 Å². The third kappa shape index (κ3) is 5.79. The van der Waals surface area contributed by atoms with Crippen molar-refractivity contribution in [3.8, 4) is 56.0 Å². The normalized spacial score (nSPS) is 11.2. The van der Waals surface area contributed by atoms with E-state index in [-0.39, 0.29) is 5.56 Å². The molecule has 2 aromatic heterocycles. The fourth-order valence-corrected chi connectivity index (χ4v) is 7.19. The molecule has 57 heavy (non-hydrogen) atoms. The van der Waals surface area contributed by atoms with Gasteiger partial charge in [0.25, 0.3) is 0 Å². The smallest absolute Gasteiger partial charge is 0.200 e. The summed E-state index contributed by atoms with van der Waals surface area (Å²) >= 11 is 0. The first-order valence-corrected chi connectivity index (χ1v) is 17.5. The van der Waals surface area contributed by atoms with Crippen molar-refractivity contribution in [3.05, 3.63) is 185 Å². The summed E-state index contributed by atoms with van der Waals surface area (Å²) in [5.74, 6) is -10.2. The minimum Gasteiger partial charge on any atom is -0.247 e. The molecule has 0 unspecified atom stereocenters. The quantitative estimate of drug-likeness (QED) is 0.0578. The molecule has 0 aliphatic rings. The molecule has 9 rings (SSSR count). The van der Waals surface area contributed by atoms with Crippen LogP contribution in [0.1, 0.15) is 0 Å². The van der Waals surface area contributed by atoms with Crippen LogP contribution in [0.5, 0.6) is 0 Å². The zero-order chi connectivity index (χ0) is 39.4. The molecule has 0 radical (unpaired) electrons. The summed E-state index contributed by atoms with van der Waals surface area (Å²) in [6, 6.07) is 38.7. The van der Waals surface area contributed by atoms with Crippen LogP contribution in [0.3, 0.4) is 0 Å². The standard InChI is InChI=1S/C47H22F5N5/c1-53-30-19-15-26(16-20-30)45-46(27-17-21-31(54-2)22-18-27)57-47-35(56-45)24-33(25-9-4-3-5-10-25)37-32-13-6-7-14-34(32)55-44(38(37)47)29-12-8-11-28(23-29)36-39(48)41(50)43(52)42(51)40(36)49/h3-24H. The van der Waals surface area contributed by atoms with Crippen molar-refractivity contribution >= 4 is 44.1 Å². The van der Waals surface area contributed by atoms with Gasteiger partial charge in [-0.15, -0.1) is 0 Å². The Morgan fingerprint density at radius 3 is 1.56 bits per heavy atom. The fourth-order valence-electron chi connectivity index (χ4n) is 7.19. The van der Waals surface area contributed by atoms with Gasteiger partial charge in [0.1, 0.15) is 0 Å². The number of fused-ring (bicyclic) bond motifs is 5. The molecule has 0 spiro atoms. The van der Waals surface area contributed by atoms with E-state index in [4.69, 9.17) is 28.1 Å². The average molecular weight is 752 g/mol. The average Bonchev–Trinajstić information content (AvgIpc) is 3.27. The van der Waals surface area contributed by atoms with E-state index in [1.807, 2.05) is 60.7 Å². The van der Waals surface area contributed by atoms with E-state index in [1.165, 1.54) is 18.2 Å². The summed E-state index contributed by atoms with van der Waals surface area (Å²) in [5.41, 5.74) is 5.66. The Morgan fingerprint density at radius 2 is 0.930 bits per heavy atom. The molecular formula is C47H22F5N5. The Kier molecular flexibility index (Phi) is 8.45. The molecule has 0 amide bonds. The highest BCUT2D eigenvalue weighted by Gasteiger charge is 2.28. The first-order chi connectivity index (χ1) is 27.7. The molecule has 9 aromatic rings.